The lowest BCUT2D eigenvalue weighted by Crippen LogP contribution is -2.22. The highest BCUT2D eigenvalue weighted by Gasteiger charge is 2.12. The van der Waals surface area contributed by atoms with Crippen LogP contribution in [0.2, 0.25) is 10.0 Å². The Hall–Kier alpha value is -3.35. The molecule has 0 aliphatic heterocycles. The quantitative estimate of drug-likeness (QED) is 0.412. The zero-order chi connectivity index (χ0) is 20.9. The molecule has 30 heavy (non-hydrogen) atoms. The Morgan fingerprint density at radius 2 is 1.87 bits per heavy atom. The summed E-state index contributed by atoms with van der Waals surface area (Å²) in [5, 5.41) is 7.77. The molecule has 0 fully saturated rings. The van der Waals surface area contributed by atoms with Crippen LogP contribution in [-0.4, -0.2) is 16.0 Å². The second kappa shape index (κ2) is 8.98. The van der Waals surface area contributed by atoms with Crippen LogP contribution in [0.5, 0.6) is 11.6 Å². The topological polar surface area (TPSA) is 77.2 Å². The number of carbonyl (C=O) groups excluding carboxylic acids is 1. The SMILES string of the molecule is O=C(NCc1cc(-c2ccc(Cl)cc2Cl)no1)c1ccc(Oc2ccccc2)nc1. The molecular weight excluding hydrogens is 425 g/mol. The number of hydrogen-bond donors (Lipinski definition) is 1. The third-order valence-electron chi connectivity index (χ3n) is 4.15. The molecule has 0 aliphatic carbocycles. The summed E-state index contributed by atoms with van der Waals surface area (Å²) < 4.78 is 10.9. The summed E-state index contributed by atoms with van der Waals surface area (Å²) in [6.07, 6.45) is 1.45. The number of nitrogens with zero attached hydrogens (tertiary/aromatic N) is 2. The van der Waals surface area contributed by atoms with E-state index < -0.39 is 0 Å². The lowest BCUT2D eigenvalue weighted by molar-refractivity contribution is 0.0946. The van der Waals surface area contributed by atoms with Gasteiger partial charge >= 0.3 is 0 Å². The van der Waals surface area contributed by atoms with Gasteiger partial charge in [0.2, 0.25) is 5.88 Å². The standard InChI is InChI=1S/C22H15Cl2N3O3/c23-15-7-8-18(19(24)10-15)20-11-17(30-27-20)13-26-22(28)14-6-9-21(25-12-14)29-16-4-2-1-3-5-16/h1-12H,13H2,(H,26,28). The molecule has 0 atom stereocenters. The van der Waals surface area contributed by atoms with Crippen molar-refractivity contribution in [2.75, 3.05) is 0 Å². The summed E-state index contributed by atoms with van der Waals surface area (Å²) >= 11 is 12.1. The van der Waals surface area contributed by atoms with Gasteiger partial charge in [-0.05, 0) is 36.4 Å². The molecule has 0 aliphatic rings. The highest BCUT2D eigenvalue weighted by molar-refractivity contribution is 6.36. The van der Waals surface area contributed by atoms with Crippen molar-refractivity contribution < 1.29 is 14.1 Å². The van der Waals surface area contributed by atoms with Crippen molar-refractivity contribution in [1.29, 1.82) is 0 Å². The number of ether oxygens (including phenoxy) is 1. The molecule has 0 spiro atoms. The number of benzene rings is 2. The molecule has 2 heterocycles. The first kappa shape index (κ1) is 19.9. The smallest absolute Gasteiger partial charge is 0.253 e. The van der Waals surface area contributed by atoms with Gasteiger partial charge in [-0.2, -0.15) is 0 Å². The minimum atomic E-state index is -0.295. The molecule has 150 valence electrons. The van der Waals surface area contributed by atoms with Crippen molar-refractivity contribution in [1.82, 2.24) is 15.5 Å². The first-order valence-electron chi connectivity index (χ1n) is 8.96. The van der Waals surface area contributed by atoms with E-state index in [0.29, 0.717) is 44.3 Å². The van der Waals surface area contributed by atoms with Crippen molar-refractivity contribution in [3.05, 3.63) is 94.3 Å². The van der Waals surface area contributed by atoms with Crippen molar-refractivity contribution >= 4 is 29.1 Å². The number of nitrogens with one attached hydrogen (secondary N) is 1. The molecule has 4 aromatic rings. The summed E-state index contributed by atoms with van der Waals surface area (Å²) in [4.78, 5) is 16.5. The van der Waals surface area contributed by atoms with E-state index in [1.54, 1.807) is 36.4 Å². The van der Waals surface area contributed by atoms with Gasteiger partial charge in [0.1, 0.15) is 11.4 Å². The molecular formula is C22H15Cl2N3O3. The molecule has 1 amide bonds. The predicted octanol–water partition coefficient (Wildman–Crippen LogP) is 5.77. The van der Waals surface area contributed by atoms with E-state index >= 15 is 0 Å². The Bertz CT molecular complexity index is 1160. The molecule has 6 nitrogen and oxygen atoms in total. The molecule has 8 heteroatoms. The minimum absolute atomic E-state index is 0.166. The normalized spacial score (nSPS) is 10.6. The Morgan fingerprint density at radius 3 is 2.60 bits per heavy atom. The van der Waals surface area contributed by atoms with Crippen LogP contribution in [0.15, 0.2) is 77.4 Å². The summed E-state index contributed by atoms with van der Waals surface area (Å²) in [6, 6.07) is 19.4. The molecule has 2 aromatic carbocycles. The number of aromatic nitrogens is 2. The molecule has 0 bridgehead atoms. The van der Waals surface area contributed by atoms with Crippen LogP contribution in [0.1, 0.15) is 16.1 Å². The number of halogens is 2. The predicted molar refractivity (Wildman–Crippen MR) is 114 cm³/mol. The van der Waals surface area contributed by atoms with Crippen molar-refractivity contribution in [2.45, 2.75) is 6.54 Å². The van der Waals surface area contributed by atoms with E-state index in [0.717, 1.165) is 0 Å². The zero-order valence-corrected chi connectivity index (χ0v) is 17.0. The fraction of sp³-hybridized carbons (Fsp3) is 0.0455. The summed E-state index contributed by atoms with van der Waals surface area (Å²) in [7, 11) is 0. The van der Waals surface area contributed by atoms with E-state index in [-0.39, 0.29) is 12.5 Å². The largest absolute Gasteiger partial charge is 0.439 e. The Kier molecular flexibility index (Phi) is 5.97. The van der Waals surface area contributed by atoms with E-state index in [1.165, 1.54) is 6.20 Å². The monoisotopic (exact) mass is 439 g/mol. The number of amides is 1. The fourth-order valence-electron chi connectivity index (χ4n) is 2.67. The number of carbonyl (C=O) groups is 1. The average molecular weight is 440 g/mol. The van der Waals surface area contributed by atoms with Gasteiger partial charge in [-0.15, -0.1) is 0 Å². The lowest BCUT2D eigenvalue weighted by atomic mass is 10.1. The maximum absolute atomic E-state index is 12.4. The minimum Gasteiger partial charge on any atom is -0.439 e. The first-order chi connectivity index (χ1) is 14.6. The third-order valence-corrected chi connectivity index (χ3v) is 4.70. The van der Waals surface area contributed by atoms with Gasteiger partial charge in [-0.1, -0.05) is 46.6 Å². The number of hydrogen-bond acceptors (Lipinski definition) is 5. The van der Waals surface area contributed by atoms with Crippen LogP contribution < -0.4 is 10.1 Å². The highest BCUT2D eigenvalue weighted by atomic mass is 35.5. The van der Waals surface area contributed by atoms with Crippen LogP contribution in [0, 0.1) is 0 Å². The van der Waals surface area contributed by atoms with Gasteiger partial charge in [0.25, 0.3) is 5.91 Å². The van der Waals surface area contributed by atoms with Gasteiger partial charge in [0, 0.05) is 28.9 Å². The van der Waals surface area contributed by atoms with E-state index in [1.807, 2.05) is 30.3 Å². The summed E-state index contributed by atoms with van der Waals surface area (Å²) in [5.74, 6) is 1.26. The van der Waals surface area contributed by atoms with Gasteiger partial charge in [-0.25, -0.2) is 4.98 Å². The molecule has 0 radical (unpaired) electrons. The zero-order valence-electron chi connectivity index (χ0n) is 15.5. The van der Waals surface area contributed by atoms with Crippen LogP contribution in [0.4, 0.5) is 0 Å². The van der Waals surface area contributed by atoms with Gasteiger partial charge in [-0.3, -0.25) is 4.79 Å². The van der Waals surface area contributed by atoms with Gasteiger partial charge in [0.15, 0.2) is 5.76 Å². The average Bonchev–Trinajstić information content (AvgIpc) is 3.22. The molecule has 0 saturated heterocycles. The maximum atomic E-state index is 12.4. The maximum Gasteiger partial charge on any atom is 0.253 e. The van der Waals surface area contributed by atoms with Crippen molar-refractivity contribution in [2.24, 2.45) is 0 Å². The van der Waals surface area contributed by atoms with Crippen molar-refractivity contribution in [3.63, 3.8) is 0 Å². The van der Waals surface area contributed by atoms with Crippen LogP contribution in [0.25, 0.3) is 11.3 Å². The second-order valence-electron chi connectivity index (χ2n) is 6.29. The Morgan fingerprint density at radius 1 is 1.03 bits per heavy atom. The van der Waals surface area contributed by atoms with Crippen molar-refractivity contribution in [3.8, 4) is 22.9 Å². The Labute approximate surface area is 182 Å². The third kappa shape index (κ3) is 4.79. The second-order valence-corrected chi connectivity index (χ2v) is 7.13. The number of rotatable bonds is 6. The summed E-state index contributed by atoms with van der Waals surface area (Å²) in [5.41, 5.74) is 1.65. The van der Waals surface area contributed by atoms with Crippen LogP contribution in [0.3, 0.4) is 0 Å². The molecule has 0 unspecified atom stereocenters. The van der Waals surface area contributed by atoms with Gasteiger partial charge < -0.3 is 14.6 Å². The highest BCUT2D eigenvalue weighted by Crippen LogP contribution is 2.30. The molecule has 1 N–H and O–H groups in total. The van der Waals surface area contributed by atoms with E-state index in [2.05, 4.69) is 15.5 Å². The number of pyridine rings is 1. The fourth-order valence-corrected chi connectivity index (χ4v) is 3.18. The lowest BCUT2D eigenvalue weighted by Gasteiger charge is -2.06. The van der Waals surface area contributed by atoms with Gasteiger partial charge in [0.05, 0.1) is 17.1 Å². The summed E-state index contributed by atoms with van der Waals surface area (Å²) in [6.45, 7) is 0.166. The van der Waals surface area contributed by atoms with E-state index in [9.17, 15) is 4.79 Å². The number of para-hydroxylation sites is 1. The molecule has 4 rings (SSSR count). The van der Waals surface area contributed by atoms with E-state index in [4.69, 9.17) is 32.5 Å². The Balaban J connectivity index is 1.36. The van der Waals surface area contributed by atoms with Crippen LogP contribution in [-0.2, 0) is 6.54 Å². The molecule has 0 saturated carbocycles. The van der Waals surface area contributed by atoms with Crippen LogP contribution >= 0.6 is 23.2 Å². The first-order valence-corrected chi connectivity index (χ1v) is 9.72. The molecule has 2 aromatic heterocycles.